The maximum atomic E-state index is 16.2. The van der Waals surface area contributed by atoms with Crippen molar-refractivity contribution in [2.45, 2.75) is 82.1 Å². The monoisotopic (exact) mass is 627 g/mol. The Morgan fingerprint density at radius 2 is 2.00 bits per heavy atom. The first-order chi connectivity index (χ1) is 20.8. The highest BCUT2D eigenvalue weighted by atomic mass is 28.4. The van der Waals surface area contributed by atoms with Gasteiger partial charge in [0.05, 0.1) is 44.5 Å². The van der Waals surface area contributed by atoms with Crippen molar-refractivity contribution in [3.05, 3.63) is 53.6 Å². The molecule has 0 aromatic heterocycles. The van der Waals surface area contributed by atoms with Gasteiger partial charge in [-0.05, 0) is 68.8 Å². The third-order valence-electron chi connectivity index (χ3n) is 9.37. The van der Waals surface area contributed by atoms with Gasteiger partial charge >= 0.3 is 0 Å². The molecule has 10 nitrogen and oxygen atoms in total. The topological polar surface area (TPSA) is 129 Å². The lowest BCUT2D eigenvalue weighted by atomic mass is 9.82. The van der Waals surface area contributed by atoms with Crippen LogP contribution in [-0.2, 0) is 31.3 Å². The Morgan fingerprint density at radius 1 is 1.25 bits per heavy atom. The van der Waals surface area contributed by atoms with Gasteiger partial charge in [-0.25, -0.2) is 0 Å². The number of aliphatic hydroxyl groups is 2. The van der Waals surface area contributed by atoms with Gasteiger partial charge in [-0.1, -0.05) is 19.1 Å². The van der Waals surface area contributed by atoms with E-state index in [0.717, 1.165) is 12.0 Å². The molecular weight excluding hydrogens is 585 g/mol. The normalized spacial score (nSPS) is 27.1. The largest absolute Gasteiger partial charge is 0.497 e. The van der Waals surface area contributed by atoms with E-state index in [1.807, 2.05) is 13.0 Å². The van der Waals surface area contributed by atoms with Crippen LogP contribution in [0.4, 0.5) is 15.5 Å². The predicted molar refractivity (Wildman–Crippen MR) is 165 cm³/mol. The number of ether oxygens (including phenoxy) is 2. The number of carbonyl (C=O) groups is 3. The molecule has 0 saturated carbocycles. The minimum absolute atomic E-state index is 0.0782. The molecule has 12 heteroatoms. The molecule has 5 rings (SSSR count). The number of rotatable bonds is 9. The number of nitrogens with zero attached hydrogens (tertiary/aromatic N) is 2. The van der Waals surface area contributed by atoms with Crippen molar-refractivity contribution in [3.63, 3.8) is 0 Å². The van der Waals surface area contributed by atoms with E-state index in [4.69, 9.17) is 9.47 Å². The van der Waals surface area contributed by atoms with Crippen LogP contribution in [0.2, 0.25) is 18.6 Å². The number of aliphatic hydroxyl groups excluding tert-OH is 2. The maximum Gasteiger partial charge on any atom is 0.264 e. The second kappa shape index (κ2) is 12.2. The van der Waals surface area contributed by atoms with E-state index >= 15 is 4.11 Å². The number of halogens is 1. The Kier molecular flexibility index (Phi) is 8.91. The van der Waals surface area contributed by atoms with Gasteiger partial charge in [-0.3, -0.25) is 14.4 Å². The first kappa shape index (κ1) is 32.1. The molecule has 2 aromatic rings. The summed E-state index contributed by atoms with van der Waals surface area (Å²) in [6.45, 7) is 6.95. The molecule has 1 spiro atoms. The number of carbonyl (C=O) groups excluding carboxylic acids is 3. The standard InChI is InChI=1S/C32H42FN3O7Si/c1-19-29(44(4,5)33)27(16-28(39)35-13-7-10-23(35)18-37)43-32(19)25-15-24(42-3)11-12-26(25)36(31(32)41)17-21-8-6-9-22(14-21)34-30(40)20(2)38/h6,8-9,11-12,14-15,19-20,23,27,29,37-38H,7,10,13,16-18H2,1-5H3,(H,34,40)/t19-,20-,23-,27+,29-,32+/m0/s1. The summed E-state index contributed by atoms with van der Waals surface area (Å²) in [6, 6.07) is 12.0. The molecule has 3 aliphatic rings. The van der Waals surface area contributed by atoms with Crippen molar-refractivity contribution in [3.8, 4) is 5.75 Å². The van der Waals surface area contributed by atoms with Gasteiger partial charge in [0.15, 0.2) is 5.60 Å². The van der Waals surface area contributed by atoms with Crippen molar-refractivity contribution in [1.82, 2.24) is 4.90 Å². The van der Waals surface area contributed by atoms with Gasteiger partial charge in [-0.15, -0.1) is 0 Å². The van der Waals surface area contributed by atoms with E-state index in [1.54, 1.807) is 59.3 Å². The lowest BCUT2D eigenvalue weighted by Gasteiger charge is -2.31. The Morgan fingerprint density at radius 3 is 2.66 bits per heavy atom. The van der Waals surface area contributed by atoms with Crippen LogP contribution in [-0.4, -0.2) is 79.8 Å². The zero-order valence-corrected chi connectivity index (χ0v) is 26.9. The molecule has 0 unspecified atom stereocenters. The second-order valence-corrected chi connectivity index (χ2v) is 16.5. The van der Waals surface area contributed by atoms with Crippen LogP contribution >= 0.6 is 0 Å². The summed E-state index contributed by atoms with van der Waals surface area (Å²) in [7, 11) is -1.95. The Labute approximate surface area is 258 Å². The van der Waals surface area contributed by atoms with Crippen molar-refractivity contribution in [2.24, 2.45) is 5.92 Å². The minimum Gasteiger partial charge on any atom is -0.497 e. The van der Waals surface area contributed by atoms with Crippen molar-refractivity contribution in [2.75, 3.05) is 30.5 Å². The van der Waals surface area contributed by atoms with Gasteiger partial charge in [0.1, 0.15) is 11.9 Å². The molecule has 2 fully saturated rings. The molecule has 2 saturated heterocycles. The summed E-state index contributed by atoms with van der Waals surface area (Å²) in [5.74, 6) is -1.17. The fraction of sp³-hybridized carbons (Fsp3) is 0.531. The zero-order chi connectivity index (χ0) is 32.0. The number of anilines is 2. The maximum absolute atomic E-state index is 16.2. The fourth-order valence-electron chi connectivity index (χ4n) is 7.33. The Bertz CT molecular complexity index is 1430. The highest BCUT2D eigenvalue weighted by molar-refractivity contribution is 6.72. The van der Waals surface area contributed by atoms with Gasteiger partial charge in [0, 0.05) is 29.3 Å². The van der Waals surface area contributed by atoms with Crippen LogP contribution in [0.5, 0.6) is 5.75 Å². The van der Waals surface area contributed by atoms with Crippen molar-refractivity contribution in [1.29, 1.82) is 0 Å². The van der Waals surface area contributed by atoms with Crippen LogP contribution in [0, 0.1) is 5.92 Å². The molecular formula is C32H42FN3O7Si. The SMILES string of the molecule is COc1ccc2c(c1)[C@@]1(O[C@H](CC(=O)N3CCC[C@H]3CO)[C@@H]([Si](C)(C)F)[C@@H]1C)C(=O)N2Cc1cccc(NC(=O)[C@H](C)O)c1. The molecule has 3 N–H and O–H groups in total. The summed E-state index contributed by atoms with van der Waals surface area (Å²) < 4.78 is 28.4. The number of benzene rings is 2. The average Bonchev–Trinajstić information content (AvgIpc) is 3.63. The first-order valence-electron chi connectivity index (χ1n) is 15.2. The van der Waals surface area contributed by atoms with E-state index in [2.05, 4.69) is 5.32 Å². The number of likely N-dealkylation sites (tertiary alicyclic amines) is 1. The van der Waals surface area contributed by atoms with Crippen molar-refractivity contribution < 1.29 is 38.2 Å². The highest BCUT2D eigenvalue weighted by Crippen LogP contribution is 2.60. The summed E-state index contributed by atoms with van der Waals surface area (Å²) in [5, 5.41) is 22.1. The lowest BCUT2D eigenvalue weighted by Crippen LogP contribution is -2.45. The van der Waals surface area contributed by atoms with Gasteiger partial charge < -0.3 is 38.9 Å². The van der Waals surface area contributed by atoms with Crippen LogP contribution < -0.4 is 15.0 Å². The minimum atomic E-state index is -3.48. The smallest absolute Gasteiger partial charge is 0.264 e. The molecule has 238 valence electrons. The number of hydrogen-bond donors (Lipinski definition) is 3. The van der Waals surface area contributed by atoms with E-state index in [9.17, 15) is 24.6 Å². The van der Waals surface area contributed by atoms with Gasteiger partial charge in [-0.2, -0.15) is 0 Å². The third-order valence-corrected chi connectivity index (χ3v) is 11.8. The summed E-state index contributed by atoms with van der Waals surface area (Å²) in [4.78, 5) is 43.5. The molecule has 3 aliphatic heterocycles. The van der Waals surface area contributed by atoms with E-state index < -0.39 is 43.6 Å². The molecule has 6 atom stereocenters. The number of nitrogens with one attached hydrogen (secondary N) is 1. The molecule has 3 heterocycles. The number of methoxy groups -OCH3 is 1. The first-order valence-corrected chi connectivity index (χ1v) is 18.1. The number of hydrogen-bond acceptors (Lipinski definition) is 7. The molecule has 2 aromatic carbocycles. The number of amides is 3. The van der Waals surface area contributed by atoms with E-state index in [0.29, 0.717) is 35.7 Å². The molecule has 0 bridgehead atoms. The zero-order valence-electron chi connectivity index (χ0n) is 25.9. The Hall–Kier alpha value is -3.32. The molecule has 3 amide bonds. The summed E-state index contributed by atoms with van der Waals surface area (Å²) >= 11 is 0. The highest BCUT2D eigenvalue weighted by Gasteiger charge is 2.67. The second-order valence-electron chi connectivity index (χ2n) is 12.7. The van der Waals surface area contributed by atoms with Crippen LogP contribution in [0.3, 0.4) is 0 Å². The third kappa shape index (κ3) is 5.64. The summed E-state index contributed by atoms with van der Waals surface area (Å²) in [5.41, 5.74) is 0.185. The lowest BCUT2D eigenvalue weighted by molar-refractivity contribution is -0.150. The van der Waals surface area contributed by atoms with E-state index in [1.165, 1.54) is 14.0 Å². The van der Waals surface area contributed by atoms with Crippen molar-refractivity contribution >= 4 is 37.5 Å². The number of fused-ring (bicyclic) bond motifs is 2. The van der Waals surface area contributed by atoms with Gasteiger partial charge in [0.2, 0.25) is 14.3 Å². The van der Waals surface area contributed by atoms with Crippen LogP contribution in [0.25, 0.3) is 0 Å². The Balaban J connectivity index is 1.52. The fourth-order valence-corrected chi connectivity index (χ4v) is 9.82. The molecule has 0 radical (unpaired) electrons. The molecule has 0 aliphatic carbocycles. The van der Waals surface area contributed by atoms with Crippen LogP contribution in [0.15, 0.2) is 42.5 Å². The average molecular weight is 628 g/mol. The predicted octanol–water partition coefficient (Wildman–Crippen LogP) is 3.71. The van der Waals surface area contributed by atoms with E-state index in [-0.39, 0.29) is 37.4 Å². The summed E-state index contributed by atoms with van der Waals surface area (Å²) in [6.07, 6.45) is -0.583. The van der Waals surface area contributed by atoms with Crippen LogP contribution in [0.1, 0.15) is 44.2 Å². The van der Waals surface area contributed by atoms with Gasteiger partial charge in [0.25, 0.3) is 11.8 Å². The quantitative estimate of drug-likeness (QED) is 0.286. The molecule has 44 heavy (non-hydrogen) atoms.